The van der Waals surface area contributed by atoms with Crippen molar-refractivity contribution in [1.29, 1.82) is 0 Å². The number of nitrogens with one attached hydrogen (secondary N) is 1. The quantitative estimate of drug-likeness (QED) is 0.690. The van der Waals surface area contributed by atoms with E-state index in [1.165, 1.54) is 0 Å². The average Bonchev–Trinajstić information content (AvgIpc) is 2.56. The number of rotatable bonds is 3. The second-order valence-electron chi connectivity index (χ2n) is 3.32. The van der Waals surface area contributed by atoms with Gasteiger partial charge in [-0.2, -0.15) is 0 Å². The van der Waals surface area contributed by atoms with Gasteiger partial charge < -0.3 is 10.1 Å². The summed E-state index contributed by atoms with van der Waals surface area (Å²) >= 11 is 0. The van der Waals surface area contributed by atoms with Gasteiger partial charge in [0.05, 0.1) is 0 Å². The number of hydrogen-bond donors (Lipinski definition) is 1. The summed E-state index contributed by atoms with van der Waals surface area (Å²) in [4.78, 5) is 11.4. The van der Waals surface area contributed by atoms with Gasteiger partial charge in [0.2, 0.25) is 5.91 Å². The third-order valence-electron chi connectivity index (χ3n) is 2.22. The molecule has 70 valence electrons. The van der Waals surface area contributed by atoms with Crippen molar-refractivity contribution < 1.29 is 9.53 Å². The Bertz CT molecular complexity index is 153. The molecule has 0 radical (unpaired) electrons. The third-order valence-corrected chi connectivity index (χ3v) is 2.22. The van der Waals surface area contributed by atoms with Crippen LogP contribution in [0.5, 0.6) is 0 Å². The van der Waals surface area contributed by atoms with Crippen LogP contribution >= 0.6 is 0 Å². The minimum absolute atomic E-state index is 0.0573. The summed E-state index contributed by atoms with van der Waals surface area (Å²) in [5.41, 5.74) is 0. The number of amides is 1. The summed E-state index contributed by atoms with van der Waals surface area (Å²) in [5.74, 6) is 0.0573. The van der Waals surface area contributed by atoms with Gasteiger partial charge in [0.1, 0.15) is 6.10 Å². The first-order chi connectivity index (χ1) is 5.74. The fourth-order valence-corrected chi connectivity index (χ4v) is 1.22. The Balaban J connectivity index is 2.27. The highest BCUT2D eigenvalue weighted by Crippen LogP contribution is 2.11. The van der Waals surface area contributed by atoms with E-state index < -0.39 is 0 Å². The van der Waals surface area contributed by atoms with Gasteiger partial charge >= 0.3 is 0 Å². The van der Waals surface area contributed by atoms with Gasteiger partial charge in [-0.3, -0.25) is 4.79 Å². The van der Waals surface area contributed by atoms with Crippen LogP contribution < -0.4 is 5.32 Å². The van der Waals surface area contributed by atoms with Crippen LogP contribution in [0.25, 0.3) is 0 Å². The maximum atomic E-state index is 11.4. The second-order valence-corrected chi connectivity index (χ2v) is 3.32. The first-order valence-corrected chi connectivity index (χ1v) is 4.66. The lowest BCUT2D eigenvalue weighted by Gasteiger charge is -2.14. The fourth-order valence-electron chi connectivity index (χ4n) is 1.22. The number of hydrogen-bond acceptors (Lipinski definition) is 2. The van der Waals surface area contributed by atoms with E-state index in [4.69, 9.17) is 4.74 Å². The highest BCUT2D eigenvalue weighted by molar-refractivity contribution is 5.81. The molecule has 1 N–H and O–H groups in total. The Hall–Kier alpha value is -0.570. The smallest absolute Gasteiger partial charge is 0.249 e. The van der Waals surface area contributed by atoms with Gasteiger partial charge in [-0.15, -0.1) is 0 Å². The van der Waals surface area contributed by atoms with Crippen molar-refractivity contribution in [2.24, 2.45) is 0 Å². The summed E-state index contributed by atoms with van der Waals surface area (Å²) in [6.45, 7) is 4.80. The van der Waals surface area contributed by atoms with Crippen molar-refractivity contribution in [3.05, 3.63) is 0 Å². The largest absolute Gasteiger partial charge is 0.368 e. The summed E-state index contributed by atoms with van der Waals surface area (Å²) in [5, 5.41) is 2.91. The molecule has 3 nitrogen and oxygen atoms in total. The average molecular weight is 171 g/mol. The molecule has 0 spiro atoms. The molecule has 1 saturated heterocycles. The van der Waals surface area contributed by atoms with E-state index in [0.29, 0.717) is 0 Å². The molecule has 1 rings (SSSR count). The van der Waals surface area contributed by atoms with Crippen LogP contribution in [0, 0.1) is 0 Å². The van der Waals surface area contributed by atoms with Crippen LogP contribution in [-0.2, 0) is 9.53 Å². The zero-order chi connectivity index (χ0) is 8.97. The molecule has 1 unspecified atom stereocenters. The van der Waals surface area contributed by atoms with Crippen LogP contribution in [0.15, 0.2) is 0 Å². The zero-order valence-corrected chi connectivity index (χ0v) is 7.80. The lowest BCUT2D eigenvalue weighted by atomic mass is 10.2. The van der Waals surface area contributed by atoms with Crippen molar-refractivity contribution in [2.75, 3.05) is 6.61 Å². The highest BCUT2D eigenvalue weighted by atomic mass is 16.5. The topological polar surface area (TPSA) is 38.3 Å². The van der Waals surface area contributed by atoms with Gasteiger partial charge in [0.25, 0.3) is 0 Å². The van der Waals surface area contributed by atoms with Gasteiger partial charge in [-0.1, -0.05) is 6.92 Å². The first-order valence-electron chi connectivity index (χ1n) is 4.66. The second kappa shape index (κ2) is 4.45. The number of carbonyl (C=O) groups is 1. The van der Waals surface area contributed by atoms with Crippen molar-refractivity contribution in [3.8, 4) is 0 Å². The molecule has 0 aliphatic carbocycles. The van der Waals surface area contributed by atoms with Crippen LogP contribution in [0.2, 0.25) is 0 Å². The molecular weight excluding hydrogens is 154 g/mol. The summed E-state index contributed by atoms with van der Waals surface area (Å²) in [6, 6.07) is 0.265. The molecule has 0 aromatic rings. The predicted octanol–water partition coefficient (Wildman–Crippen LogP) is 1.08. The zero-order valence-electron chi connectivity index (χ0n) is 7.80. The van der Waals surface area contributed by atoms with Crippen LogP contribution in [0.1, 0.15) is 33.1 Å². The van der Waals surface area contributed by atoms with E-state index in [-0.39, 0.29) is 18.1 Å². The van der Waals surface area contributed by atoms with E-state index >= 15 is 0 Å². The molecule has 0 aromatic carbocycles. The minimum atomic E-state index is -0.181. The van der Waals surface area contributed by atoms with Crippen molar-refractivity contribution in [1.82, 2.24) is 5.32 Å². The molecule has 2 atom stereocenters. The molecule has 1 aliphatic rings. The maximum Gasteiger partial charge on any atom is 0.249 e. The Morgan fingerprint density at radius 1 is 1.75 bits per heavy atom. The van der Waals surface area contributed by atoms with Gasteiger partial charge in [-0.05, 0) is 26.2 Å². The van der Waals surface area contributed by atoms with Crippen LogP contribution in [0.4, 0.5) is 0 Å². The standard InChI is InChI=1S/C9H17NO2/c1-3-7(2)10-9(11)8-5-4-6-12-8/h7-8H,3-6H2,1-2H3,(H,10,11)/t7?,8-/m0/s1. The Kier molecular flexibility index (Phi) is 3.53. The minimum Gasteiger partial charge on any atom is -0.368 e. The van der Waals surface area contributed by atoms with Gasteiger partial charge in [0.15, 0.2) is 0 Å². The molecule has 3 heteroatoms. The molecule has 1 heterocycles. The Morgan fingerprint density at radius 3 is 3.00 bits per heavy atom. The first kappa shape index (κ1) is 9.52. The van der Waals surface area contributed by atoms with Crippen molar-refractivity contribution >= 4 is 5.91 Å². The molecule has 0 aromatic heterocycles. The lowest BCUT2D eigenvalue weighted by Crippen LogP contribution is -2.39. The summed E-state index contributed by atoms with van der Waals surface area (Å²) in [7, 11) is 0. The number of ether oxygens (including phenoxy) is 1. The predicted molar refractivity (Wildman–Crippen MR) is 46.9 cm³/mol. The monoisotopic (exact) mass is 171 g/mol. The van der Waals surface area contributed by atoms with Crippen molar-refractivity contribution in [3.63, 3.8) is 0 Å². The molecule has 1 amide bonds. The SMILES string of the molecule is CCC(C)NC(=O)[C@@H]1CCCO1. The van der Waals surface area contributed by atoms with E-state index in [0.717, 1.165) is 25.9 Å². The van der Waals surface area contributed by atoms with Gasteiger partial charge in [-0.25, -0.2) is 0 Å². The summed E-state index contributed by atoms with van der Waals surface area (Å²) in [6.07, 6.45) is 2.68. The Morgan fingerprint density at radius 2 is 2.50 bits per heavy atom. The van der Waals surface area contributed by atoms with E-state index in [1.807, 2.05) is 6.92 Å². The van der Waals surface area contributed by atoms with Crippen LogP contribution in [-0.4, -0.2) is 24.7 Å². The fraction of sp³-hybridized carbons (Fsp3) is 0.889. The molecule has 1 fully saturated rings. The Labute approximate surface area is 73.5 Å². The third kappa shape index (κ3) is 2.48. The normalized spacial score (nSPS) is 25.3. The molecule has 12 heavy (non-hydrogen) atoms. The maximum absolute atomic E-state index is 11.4. The molecule has 0 bridgehead atoms. The van der Waals surface area contributed by atoms with Crippen LogP contribution in [0.3, 0.4) is 0 Å². The van der Waals surface area contributed by atoms with Gasteiger partial charge in [0, 0.05) is 12.6 Å². The van der Waals surface area contributed by atoms with E-state index in [9.17, 15) is 4.79 Å². The molecule has 1 aliphatic heterocycles. The lowest BCUT2D eigenvalue weighted by molar-refractivity contribution is -0.130. The van der Waals surface area contributed by atoms with Crippen molar-refractivity contribution in [2.45, 2.75) is 45.3 Å². The molecular formula is C9H17NO2. The molecule has 0 saturated carbocycles. The van der Waals surface area contributed by atoms with E-state index in [1.54, 1.807) is 0 Å². The van der Waals surface area contributed by atoms with E-state index in [2.05, 4.69) is 12.2 Å². The number of carbonyl (C=O) groups excluding carboxylic acids is 1. The summed E-state index contributed by atoms with van der Waals surface area (Å²) < 4.78 is 5.25. The highest BCUT2D eigenvalue weighted by Gasteiger charge is 2.23.